The molecular weight excluding hydrogens is 419 g/mol. The Kier molecular flexibility index (Phi) is 5.44. The highest BCUT2D eigenvalue weighted by molar-refractivity contribution is 8.00. The normalized spacial score (nSPS) is 14.9. The summed E-state index contributed by atoms with van der Waals surface area (Å²) < 4.78 is 68.9. The van der Waals surface area contributed by atoms with Crippen LogP contribution >= 0.6 is 11.9 Å². The van der Waals surface area contributed by atoms with Crippen LogP contribution < -0.4 is 10.0 Å². The van der Waals surface area contributed by atoms with Gasteiger partial charge in [0.25, 0.3) is 0 Å². The average Bonchev–Trinajstić information content (AvgIpc) is 3.45. The van der Waals surface area contributed by atoms with E-state index in [9.17, 15) is 31.5 Å². The first-order valence-electron chi connectivity index (χ1n) is 8.17. The van der Waals surface area contributed by atoms with Crippen molar-refractivity contribution in [2.75, 3.05) is 10.0 Å². The lowest BCUT2D eigenvalue weighted by Crippen LogP contribution is -2.36. The van der Waals surface area contributed by atoms with E-state index >= 15 is 0 Å². The van der Waals surface area contributed by atoms with E-state index in [1.54, 1.807) is 0 Å². The topological polar surface area (TPSA) is 78.4 Å². The van der Waals surface area contributed by atoms with Crippen molar-refractivity contribution in [1.29, 1.82) is 0 Å². The summed E-state index contributed by atoms with van der Waals surface area (Å²) in [7, 11) is 0. The molecule has 0 aliphatic heterocycles. The molecule has 1 fully saturated rings. The number of amides is 1. The van der Waals surface area contributed by atoms with Crippen molar-refractivity contribution in [2.45, 2.75) is 23.9 Å². The van der Waals surface area contributed by atoms with Gasteiger partial charge in [-0.25, -0.2) is 13.6 Å². The number of carboxylic acids is 1. The van der Waals surface area contributed by atoms with Gasteiger partial charge in [-0.1, -0.05) is 0 Å². The first kappa shape index (κ1) is 20.9. The Labute approximate surface area is 165 Å². The molecule has 0 aromatic heterocycles. The van der Waals surface area contributed by atoms with Gasteiger partial charge in [-0.2, -0.15) is 13.2 Å². The predicted octanol–water partition coefficient (Wildman–Crippen LogP) is 5.06. The molecule has 0 radical (unpaired) electrons. The average molecular weight is 432 g/mol. The van der Waals surface area contributed by atoms with E-state index in [4.69, 9.17) is 5.11 Å². The Bertz CT molecular complexity index is 959. The van der Waals surface area contributed by atoms with Crippen LogP contribution in [0.1, 0.15) is 23.2 Å². The second kappa shape index (κ2) is 7.54. The first-order valence-corrected chi connectivity index (χ1v) is 8.98. The summed E-state index contributed by atoms with van der Waals surface area (Å²) in [5, 5.41) is 11.0. The standard InChI is InChI=1S/C18H13F5N2O3S/c19-12-8-14(13(20)7-11(12)15(26)27)25-29-10-3-1-9(2-4-10)24-16(28)17(5-6-17)18(21,22)23/h1-4,7-8,25H,5-6H2,(H,24,28)(H,26,27). The second-order valence-electron chi connectivity index (χ2n) is 6.38. The van der Waals surface area contributed by atoms with Crippen LogP contribution in [-0.2, 0) is 4.79 Å². The van der Waals surface area contributed by atoms with Crippen LogP contribution in [0.25, 0.3) is 0 Å². The van der Waals surface area contributed by atoms with E-state index in [0.717, 1.165) is 11.9 Å². The van der Waals surface area contributed by atoms with E-state index in [-0.39, 0.29) is 24.2 Å². The molecule has 154 valence electrons. The van der Waals surface area contributed by atoms with Crippen molar-refractivity contribution in [3.05, 3.63) is 53.6 Å². The summed E-state index contributed by atoms with van der Waals surface area (Å²) in [5.41, 5.74) is -3.25. The van der Waals surface area contributed by atoms with Crippen molar-refractivity contribution in [3.63, 3.8) is 0 Å². The quantitative estimate of drug-likeness (QED) is 0.439. The third-order valence-corrected chi connectivity index (χ3v) is 5.24. The van der Waals surface area contributed by atoms with Crippen LogP contribution in [0.5, 0.6) is 0 Å². The molecule has 0 spiro atoms. The number of aromatic carboxylic acids is 1. The van der Waals surface area contributed by atoms with Crippen molar-refractivity contribution in [2.24, 2.45) is 5.41 Å². The lowest BCUT2D eigenvalue weighted by atomic mass is 10.1. The molecule has 11 heteroatoms. The number of alkyl halides is 3. The van der Waals surface area contributed by atoms with Crippen LogP contribution in [0.2, 0.25) is 0 Å². The molecule has 0 bridgehead atoms. The summed E-state index contributed by atoms with van der Waals surface area (Å²) in [6.07, 6.45) is -5.10. The Morgan fingerprint density at radius 2 is 1.66 bits per heavy atom. The minimum absolute atomic E-state index is 0.165. The zero-order chi connectivity index (χ0) is 21.4. The molecule has 0 unspecified atom stereocenters. The summed E-state index contributed by atoms with van der Waals surface area (Å²) in [6, 6.07) is 6.92. The maximum Gasteiger partial charge on any atom is 0.403 e. The van der Waals surface area contributed by atoms with Crippen LogP contribution in [0.4, 0.5) is 33.3 Å². The third-order valence-electron chi connectivity index (χ3n) is 4.41. The molecule has 2 aromatic rings. The van der Waals surface area contributed by atoms with Gasteiger partial charge in [-0.3, -0.25) is 4.79 Å². The number of carbonyl (C=O) groups is 2. The minimum Gasteiger partial charge on any atom is -0.478 e. The molecule has 1 amide bonds. The first-order chi connectivity index (χ1) is 13.5. The summed E-state index contributed by atoms with van der Waals surface area (Å²) in [4.78, 5) is 23.2. The zero-order valence-corrected chi connectivity index (χ0v) is 15.3. The van der Waals surface area contributed by atoms with Crippen LogP contribution in [-0.4, -0.2) is 23.2 Å². The van der Waals surface area contributed by atoms with Crippen molar-refractivity contribution in [1.82, 2.24) is 0 Å². The third kappa shape index (κ3) is 4.29. The van der Waals surface area contributed by atoms with Gasteiger partial charge in [0.05, 0.1) is 11.3 Å². The molecular formula is C18H13F5N2O3S. The van der Waals surface area contributed by atoms with E-state index in [0.29, 0.717) is 17.0 Å². The molecule has 2 aromatic carbocycles. The summed E-state index contributed by atoms with van der Waals surface area (Å²) in [5.74, 6) is -4.79. The smallest absolute Gasteiger partial charge is 0.403 e. The number of halogens is 5. The molecule has 1 aliphatic carbocycles. The SMILES string of the molecule is O=C(O)c1cc(F)c(NSc2ccc(NC(=O)C3(C(F)(F)F)CC3)cc2)cc1F. The number of carbonyl (C=O) groups excluding carboxylic acids is 1. The highest BCUT2D eigenvalue weighted by Crippen LogP contribution is 2.58. The molecule has 29 heavy (non-hydrogen) atoms. The highest BCUT2D eigenvalue weighted by atomic mass is 32.2. The summed E-state index contributed by atoms with van der Waals surface area (Å²) >= 11 is 0.864. The van der Waals surface area contributed by atoms with Crippen LogP contribution in [0, 0.1) is 17.0 Å². The van der Waals surface area contributed by atoms with E-state index in [1.807, 2.05) is 0 Å². The number of nitrogens with one attached hydrogen (secondary N) is 2. The van der Waals surface area contributed by atoms with Gasteiger partial charge in [0.15, 0.2) is 0 Å². The van der Waals surface area contributed by atoms with Crippen LogP contribution in [0.15, 0.2) is 41.3 Å². The highest BCUT2D eigenvalue weighted by Gasteiger charge is 2.68. The Morgan fingerprint density at radius 3 is 2.17 bits per heavy atom. The van der Waals surface area contributed by atoms with Gasteiger partial charge in [0.2, 0.25) is 5.91 Å². The summed E-state index contributed by atoms with van der Waals surface area (Å²) in [6.45, 7) is 0. The van der Waals surface area contributed by atoms with Gasteiger partial charge in [0, 0.05) is 16.6 Å². The fourth-order valence-corrected chi connectivity index (χ4v) is 3.18. The predicted molar refractivity (Wildman–Crippen MR) is 95.6 cm³/mol. The van der Waals surface area contributed by atoms with Crippen molar-refractivity contribution >= 4 is 35.2 Å². The Hall–Kier alpha value is -2.82. The maximum atomic E-state index is 13.9. The van der Waals surface area contributed by atoms with E-state index in [1.165, 1.54) is 24.3 Å². The molecule has 5 nitrogen and oxygen atoms in total. The zero-order valence-electron chi connectivity index (χ0n) is 14.4. The van der Waals surface area contributed by atoms with Gasteiger partial charge < -0.3 is 15.1 Å². The van der Waals surface area contributed by atoms with Crippen molar-refractivity contribution < 1.29 is 36.6 Å². The molecule has 1 aliphatic rings. The maximum absolute atomic E-state index is 13.9. The van der Waals surface area contributed by atoms with Crippen LogP contribution in [0.3, 0.4) is 0 Å². The lowest BCUT2D eigenvalue weighted by Gasteiger charge is -2.18. The fraction of sp³-hybridized carbons (Fsp3) is 0.222. The Balaban J connectivity index is 1.62. The molecule has 1 saturated carbocycles. The molecule has 3 N–H and O–H groups in total. The fourth-order valence-electron chi connectivity index (χ4n) is 2.52. The van der Waals surface area contributed by atoms with Gasteiger partial charge in [-0.05, 0) is 55.1 Å². The number of anilines is 2. The molecule has 0 atom stereocenters. The van der Waals surface area contributed by atoms with E-state index in [2.05, 4.69) is 10.0 Å². The second-order valence-corrected chi connectivity index (χ2v) is 7.26. The van der Waals surface area contributed by atoms with Gasteiger partial charge in [-0.15, -0.1) is 0 Å². The number of benzene rings is 2. The minimum atomic E-state index is -4.60. The lowest BCUT2D eigenvalue weighted by molar-refractivity contribution is -0.189. The van der Waals surface area contributed by atoms with Crippen molar-refractivity contribution in [3.8, 4) is 0 Å². The molecule has 0 heterocycles. The molecule has 0 saturated heterocycles. The molecule has 3 rings (SSSR count). The van der Waals surface area contributed by atoms with Gasteiger partial charge >= 0.3 is 12.1 Å². The Morgan fingerprint density at radius 1 is 1.03 bits per heavy atom. The number of hydrogen-bond donors (Lipinski definition) is 3. The number of hydrogen-bond acceptors (Lipinski definition) is 4. The largest absolute Gasteiger partial charge is 0.478 e. The number of rotatable bonds is 6. The number of carboxylic acid groups (broad SMARTS) is 1. The monoisotopic (exact) mass is 432 g/mol. The van der Waals surface area contributed by atoms with E-state index < -0.39 is 40.7 Å². The van der Waals surface area contributed by atoms with Gasteiger partial charge in [0.1, 0.15) is 17.0 Å².